The van der Waals surface area contributed by atoms with Gasteiger partial charge in [-0.15, -0.1) is 11.3 Å². The molecule has 0 radical (unpaired) electrons. The van der Waals surface area contributed by atoms with E-state index in [1.165, 1.54) is 11.3 Å². The van der Waals surface area contributed by atoms with E-state index in [2.05, 4.69) is 16.8 Å². The molecule has 2 fully saturated rings. The van der Waals surface area contributed by atoms with Crippen LogP contribution in [0.25, 0.3) is 0 Å². The summed E-state index contributed by atoms with van der Waals surface area (Å²) in [6.45, 7) is 5.93. The molecule has 0 amide bonds. The highest BCUT2D eigenvalue weighted by Crippen LogP contribution is 2.27. The minimum Gasteiger partial charge on any atom is -0.370 e. The number of guanidine groups is 1. The highest BCUT2D eigenvalue weighted by atomic mass is 32.2. The number of rotatable bonds is 4. The Hall–Kier alpha value is -1.12. The fourth-order valence-electron chi connectivity index (χ4n) is 3.26. The largest absolute Gasteiger partial charge is 0.370 e. The van der Waals surface area contributed by atoms with Crippen LogP contribution in [0, 0.1) is 11.8 Å². The van der Waals surface area contributed by atoms with Gasteiger partial charge in [-0.2, -0.15) is 4.31 Å². The zero-order valence-electron chi connectivity index (χ0n) is 14.1. The van der Waals surface area contributed by atoms with Crippen molar-refractivity contribution in [2.24, 2.45) is 22.6 Å². The van der Waals surface area contributed by atoms with Gasteiger partial charge in [0.1, 0.15) is 4.21 Å². The van der Waals surface area contributed by atoms with Crippen LogP contribution in [0.2, 0.25) is 0 Å². The van der Waals surface area contributed by atoms with Crippen molar-refractivity contribution in [3.63, 3.8) is 0 Å². The number of piperidine rings is 1. The molecule has 6 nitrogen and oxygen atoms in total. The Kier molecular flexibility index (Phi) is 5.46. The molecule has 2 aliphatic rings. The standard InChI is InChI=1S/C16H26N4O2S2/c1-13-4-7-19(8-5-13)16(17)18-11-14-6-9-20(12-14)24(21,22)15-3-2-10-23-15/h2-3,10,13-14H,4-9,11-12H2,1H3,(H2,17,18). The van der Waals surface area contributed by atoms with E-state index in [1.807, 2.05) is 0 Å². The molecule has 3 rings (SSSR count). The van der Waals surface area contributed by atoms with Gasteiger partial charge in [0.15, 0.2) is 5.96 Å². The second-order valence-electron chi connectivity index (χ2n) is 6.82. The Morgan fingerprint density at radius 2 is 2.08 bits per heavy atom. The van der Waals surface area contributed by atoms with Gasteiger partial charge in [-0.05, 0) is 42.5 Å². The van der Waals surface area contributed by atoms with E-state index in [0.29, 0.717) is 29.8 Å². The van der Waals surface area contributed by atoms with Gasteiger partial charge in [-0.1, -0.05) is 13.0 Å². The molecular weight excluding hydrogens is 344 g/mol. The highest BCUT2D eigenvalue weighted by molar-refractivity contribution is 7.91. The smallest absolute Gasteiger partial charge is 0.252 e. The monoisotopic (exact) mass is 370 g/mol. The van der Waals surface area contributed by atoms with Crippen molar-refractivity contribution in [1.82, 2.24) is 9.21 Å². The predicted octanol–water partition coefficient (Wildman–Crippen LogP) is 1.81. The molecule has 2 N–H and O–H groups in total. The highest BCUT2D eigenvalue weighted by Gasteiger charge is 2.33. The maximum Gasteiger partial charge on any atom is 0.252 e. The van der Waals surface area contributed by atoms with E-state index in [-0.39, 0.29) is 5.92 Å². The average Bonchev–Trinajstić information content (AvgIpc) is 3.25. The van der Waals surface area contributed by atoms with E-state index in [0.717, 1.165) is 38.3 Å². The molecular formula is C16H26N4O2S2. The Morgan fingerprint density at radius 3 is 2.75 bits per heavy atom. The maximum atomic E-state index is 12.5. The van der Waals surface area contributed by atoms with Crippen LogP contribution in [0.4, 0.5) is 0 Å². The van der Waals surface area contributed by atoms with Crippen LogP contribution in [0.1, 0.15) is 26.2 Å². The van der Waals surface area contributed by atoms with E-state index in [9.17, 15) is 8.42 Å². The fraction of sp³-hybridized carbons (Fsp3) is 0.688. The number of hydrogen-bond acceptors (Lipinski definition) is 4. The first-order chi connectivity index (χ1) is 11.5. The van der Waals surface area contributed by atoms with Crippen molar-refractivity contribution in [2.75, 3.05) is 32.7 Å². The maximum absolute atomic E-state index is 12.5. The summed E-state index contributed by atoms with van der Waals surface area (Å²) in [5.41, 5.74) is 6.12. The third-order valence-corrected chi connectivity index (χ3v) is 8.20. The summed E-state index contributed by atoms with van der Waals surface area (Å²) in [5.74, 6) is 1.63. The summed E-state index contributed by atoms with van der Waals surface area (Å²) in [5, 5.41) is 1.80. The summed E-state index contributed by atoms with van der Waals surface area (Å²) in [6, 6.07) is 3.44. The number of likely N-dealkylation sites (tertiary alicyclic amines) is 1. The van der Waals surface area contributed by atoms with Gasteiger partial charge >= 0.3 is 0 Å². The fourth-order valence-corrected chi connectivity index (χ4v) is 5.94. The molecule has 2 aliphatic heterocycles. The zero-order valence-corrected chi connectivity index (χ0v) is 15.7. The van der Waals surface area contributed by atoms with Crippen LogP contribution in [-0.2, 0) is 10.0 Å². The quantitative estimate of drug-likeness (QED) is 0.647. The number of thiophene rings is 1. The van der Waals surface area contributed by atoms with Gasteiger partial charge in [0, 0.05) is 32.7 Å². The normalized spacial score (nSPS) is 24.6. The molecule has 3 heterocycles. The van der Waals surface area contributed by atoms with Crippen molar-refractivity contribution in [3.05, 3.63) is 17.5 Å². The lowest BCUT2D eigenvalue weighted by atomic mass is 10.00. The van der Waals surface area contributed by atoms with E-state index >= 15 is 0 Å². The number of aliphatic imine (C=N–C) groups is 1. The van der Waals surface area contributed by atoms with E-state index in [4.69, 9.17) is 5.73 Å². The molecule has 0 saturated carbocycles. The second kappa shape index (κ2) is 7.41. The van der Waals surface area contributed by atoms with Crippen LogP contribution in [0.5, 0.6) is 0 Å². The summed E-state index contributed by atoms with van der Waals surface area (Å²) < 4.78 is 27.1. The number of nitrogens with two attached hydrogens (primary N) is 1. The van der Waals surface area contributed by atoms with Crippen LogP contribution >= 0.6 is 11.3 Å². The first kappa shape index (κ1) is 17.7. The van der Waals surface area contributed by atoms with E-state index < -0.39 is 10.0 Å². The molecule has 8 heteroatoms. The van der Waals surface area contributed by atoms with Gasteiger partial charge in [-0.3, -0.25) is 4.99 Å². The number of hydrogen-bond donors (Lipinski definition) is 1. The van der Waals surface area contributed by atoms with Crippen molar-refractivity contribution < 1.29 is 8.42 Å². The van der Waals surface area contributed by atoms with Gasteiger partial charge < -0.3 is 10.6 Å². The van der Waals surface area contributed by atoms with Crippen molar-refractivity contribution in [2.45, 2.75) is 30.4 Å². The molecule has 1 unspecified atom stereocenters. The molecule has 2 saturated heterocycles. The molecule has 0 bridgehead atoms. The molecule has 1 aromatic heterocycles. The van der Waals surface area contributed by atoms with Crippen molar-refractivity contribution in [3.8, 4) is 0 Å². The van der Waals surface area contributed by atoms with Crippen molar-refractivity contribution in [1.29, 1.82) is 0 Å². The SMILES string of the molecule is CC1CCN(C(N)=NCC2CCN(S(=O)(=O)c3cccs3)C2)CC1. The Labute approximate surface area is 148 Å². The van der Waals surface area contributed by atoms with Crippen LogP contribution < -0.4 is 5.73 Å². The first-order valence-electron chi connectivity index (χ1n) is 8.55. The van der Waals surface area contributed by atoms with Crippen molar-refractivity contribution >= 4 is 27.3 Å². The van der Waals surface area contributed by atoms with Gasteiger partial charge in [0.2, 0.25) is 0 Å². The lowest BCUT2D eigenvalue weighted by Crippen LogP contribution is -2.42. The zero-order chi connectivity index (χ0) is 17.2. The minimum atomic E-state index is -3.33. The molecule has 134 valence electrons. The molecule has 0 aliphatic carbocycles. The van der Waals surface area contributed by atoms with Gasteiger partial charge in [-0.25, -0.2) is 8.42 Å². The molecule has 1 aromatic rings. The summed E-state index contributed by atoms with van der Waals surface area (Å²) >= 11 is 1.27. The minimum absolute atomic E-state index is 0.252. The summed E-state index contributed by atoms with van der Waals surface area (Å²) in [7, 11) is -3.33. The molecule has 0 aromatic carbocycles. The van der Waals surface area contributed by atoms with Crippen LogP contribution in [0.15, 0.2) is 26.7 Å². The predicted molar refractivity (Wildman–Crippen MR) is 97.6 cm³/mol. The summed E-state index contributed by atoms with van der Waals surface area (Å²) in [6.07, 6.45) is 3.16. The first-order valence-corrected chi connectivity index (χ1v) is 10.9. The van der Waals surface area contributed by atoms with Crippen LogP contribution in [0.3, 0.4) is 0 Å². The average molecular weight is 371 g/mol. The van der Waals surface area contributed by atoms with Gasteiger partial charge in [0.25, 0.3) is 10.0 Å². The Morgan fingerprint density at radius 1 is 1.33 bits per heavy atom. The topological polar surface area (TPSA) is 79.0 Å². The number of sulfonamides is 1. The Balaban J connectivity index is 1.54. The second-order valence-corrected chi connectivity index (χ2v) is 9.93. The lowest BCUT2D eigenvalue weighted by Gasteiger charge is -2.31. The molecule has 0 spiro atoms. The Bertz CT molecular complexity index is 664. The lowest BCUT2D eigenvalue weighted by molar-refractivity contribution is 0.277. The summed E-state index contributed by atoms with van der Waals surface area (Å²) in [4.78, 5) is 6.68. The number of nitrogens with zero attached hydrogens (tertiary/aromatic N) is 3. The molecule has 1 atom stereocenters. The third-order valence-electron chi connectivity index (χ3n) is 4.96. The van der Waals surface area contributed by atoms with Crippen LogP contribution in [-0.4, -0.2) is 56.3 Å². The third kappa shape index (κ3) is 3.92. The van der Waals surface area contributed by atoms with Gasteiger partial charge in [0.05, 0.1) is 0 Å². The molecule has 24 heavy (non-hydrogen) atoms. The van der Waals surface area contributed by atoms with E-state index in [1.54, 1.807) is 21.8 Å².